The summed E-state index contributed by atoms with van der Waals surface area (Å²) in [4.78, 5) is 0. The number of aromatic nitrogens is 3. The van der Waals surface area contributed by atoms with Gasteiger partial charge < -0.3 is 4.57 Å². The zero-order chi connectivity index (χ0) is 13.5. The Kier molecular flexibility index (Phi) is 5.45. The SMILES string of the molecule is CCCCCSc1nnc(C)n1Cc1ccccc1. The predicted molar refractivity (Wildman–Crippen MR) is 80.6 cm³/mol. The third-order valence-corrected chi connectivity index (χ3v) is 4.12. The van der Waals surface area contributed by atoms with Crippen molar-refractivity contribution >= 4 is 11.8 Å². The largest absolute Gasteiger partial charge is 0.302 e. The van der Waals surface area contributed by atoms with E-state index in [9.17, 15) is 0 Å². The van der Waals surface area contributed by atoms with Crippen LogP contribution in [0.5, 0.6) is 0 Å². The highest BCUT2D eigenvalue weighted by molar-refractivity contribution is 7.99. The molecule has 3 nitrogen and oxygen atoms in total. The minimum Gasteiger partial charge on any atom is -0.302 e. The third-order valence-electron chi connectivity index (χ3n) is 3.06. The van der Waals surface area contributed by atoms with Gasteiger partial charge in [-0.05, 0) is 18.9 Å². The van der Waals surface area contributed by atoms with Gasteiger partial charge in [0.05, 0.1) is 6.54 Å². The average molecular weight is 275 g/mol. The molecule has 0 radical (unpaired) electrons. The standard InChI is InChI=1S/C15H21N3S/c1-3-4-8-11-19-15-17-16-13(2)18(15)12-14-9-6-5-7-10-14/h5-7,9-10H,3-4,8,11-12H2,1-2H3. The number of thioether (sulfide) groups is 1. The summed E-state index contributed by atoms with van der Waals surface area (Å²) in [5, 5.41) is 9.53. The summed E-state index contributed by atoms with van der Waals surface area (Å²) >= 11 is 1.82. The maximum Gasteiger partial charge on any atom is 0.191 e. The minimum absolute atomic E-state index is 0.857. The van der Waals surface area contributed by atoms with E-state index in [4.69, 9.17) is 0 Å². The lowest BCUT2D eigenvalue weighted by Crippen LogP contribution is -2.04. The Morgan fingerprint density at radius 2 is 1.89 bits per heavy atom. The van der Waals surface area contributed by atoms with Gasteiger partial charge in [-0.2, -0.15) is 0 Å². The highest BCUT2D eigenvalue weighted by Crippen LogP contribution is 2.19. The second kappa shape index (κ2) is 7.34. The van der Waals surface area contributed by atoms with Crippen molar-refractivity contribution in [1.29, 1.82) is 0 Å². The van der Waals surface area contributed by atoms with Gasteiger partial charge in [0.15, 0.2) is 5.16 Å². The molecule has 102 valence electrons. The highest BCUT2D eigenvalue weighted by Gasteiger charge is 2.09. The van der Waals surface area contributed by atoms with Gasteiger partial charge in [0.25, 0.3) is 0 Å². The molecule has 0 aliphatic rings. The van der Waals surface area contributed by atoms with Crippen molar-refractivity contribution in [2.45, 2.75) is 44.8 Å². The van der Waals surface area contributed by atoms with E-state index in [-0.39, 0.29) is 0 Å². The molecule has 0 saturated carbocycles. The van der Waals surface area contributed by atoms with Gasteiger partial charge in [0.2, 0.25) is 0 Å². The first-order valence-electron chi connectivity index (χ1n) is 6.87. The predicted octanol–water partition coefficient (Wildman–Crippen LogP) is 3.92. The van der Waals surface area contributed by atoms with E-state index < -0.39 is 0 Å². The number of benzene rings is 1. The van der Waals surface area contributed by atoms with Gasteiger partial charge >= 0.3 is 0 Å². The van der Waals surface area contributed by atoms with Gasteiger partial charge in [0, 0.05) is 5.75 Å². The van der Waals surface area contributed by atoms with E-state index in [1.54, 1.807) is 0 Å². The van der Waals surface area contributed by atoms with Crippen LogP contribution >= 0.6 is 11.8 Å². The quantitative estimate of drug-likeness (QED) is 0.567. The van der Waals surface area contributed by atoms with Crippen molar-refractivity contribution in [3.63, 3.8) is 0 Å². The molecule has 0 unspecified atom stereocenters. The molecule has 1 heterocycles. The van der Waals surface area contributed by atoms with E-state index in [0.29, 0.717) is 0 Å². The smallest absolute Gasteiger partial charge is 0.191 e. The Hall–Kier alpha value is -1.29. The molecule has 1 aromatic heterocycles. The van der Waals surface area contributed by atoms with Crippen molar-refractivity contribution in [3.8, 4) is 0 Å². The van der Waals surface area contributed by atoms with Gasteiger partial charge in [-0.3, -0.25) is 0 Å². The molecule has 1 aromatic carbocycles. The van der Waals surface area contributed by atoms with E-state index in [1.807, 2.05) is 24.8 Å². The zero-order valence-corrected chi connectivity index (χ0v) is 12.5. The first kappa shape index (κ1) is 14.1. The maximum absolute atomic E-state index is 4.29. The van der Waals surface area contributed by atoms with Crippen LogP contribution in [0.15, 0.2) is 35.5 Å². The van der Waals surface area contributed by atoms with E-state index in [1.165, 1.54) is 24.8 Å². The lowest BCUT2D eigenvalue weighted by molar-refractivity contribution is 0.686. The highest BCUT2D eigenvalue weighted by atomic mass is 32.2. The average Bonchev–Trinajstić information content (AvgIpc) is 2.78. The van der Waals surface area contributed by atoms with Crippen molar-refractivity contribution in [3.05, 3.63) is 41.7 Å². The molecule has 0 saturated heterocycles. The van der Waals surface area contributed by atoms with Crippen LogP contribution in [-0.4, -0.2) is 20.5 Å². The molecular formula is C15H21N3S. The topological polar surface area (TPSA) is 30.7 Å². The molecule has 0 aliphatic heterocycles. The van der Waals surface area contributed by atoms with Crippen LogP contribution < -0.4 is 0 Å². The zero-order valence-electron chi connectivity index (χ0n) is 11.7. The van der Waals surface area contributed by atoms with Gasteiger partial charge in [-0.1, -0.05) is 61.9 Å². The summed E-state index contributed by atoms with van der Waals surface area (Å²) < 4.78 is 2.20. The Bertz CT molecular complexity index is 493. The van der Waals surface area contributed by atoms with Crippen LogP contribution in [0, 0.1) is 6.92 Å². The van der Waals surface area contributed by atoms with Crippen LogP contribution in [0.1, 0.15) is 37.6 Å². The normalized spacial score (nSPS) is 10.8. The summed E-state index contributed by atoms with van der Waals surface area (Å²) in [6.45, 7) is 5.11. The molecule has 0 bridgehead atoms. The first-order chi connectivity index (χ1) is 9.31. The maximum atomic E-state index is 4.29. The molecule has 0 spiro atoms. The van der Waals surface area contributed by atoms with Crippen LogP contribution in [0.4, 0.5) is 0 Å². The molecule has 0 aliphatic carbocycles. The molecule has 0 N–H and O–H groups in total. The van der Waals surface area contributed by atoms with Gasteiger partial charge in [-0.25, -0.2) is 0 Å². The van der Waals surface area contributed by atoms with Crippen molar-refractivity contribution < 1.29 is 0 Å². The number of hydrogen-bond acceptors (Lipinski definition) is 3. The van der Waals surface area contributed by atoms with E-state index in [0.717, 1.165) is 23.3 Å². The number of nitrogens with zero attached hydrogens (tertiary/aromatic N) is 3. The van der Waals surface area contributed by atoms with Gasteiger partial charge in [0.1, 0.15) is 5.82 Å². The fourth-order valence-corrected chi connectivity index (χ4v) is 2.91. The van der Waals surface area contributed by atoms with E-state index >= 15 is 0 Å². The number of hydrogen-bond donors (Lipinski definition) is 0. The fourth-order valence-electron chi connectivity index (χ4n) is 1.93. The molecular weight excluding hydrogens is 254 g/mol. The van der Waals surface area contributed by atoms with Crippen LogP contribution in [-0.2, 0) is 6.54 Å². The number of rotatable bonds is 7. The Morgan fingerprint density at radius 1 is 1.11 bits per heavy atom. The second-order valence-corrected chi connectivity index (χ2v) is 5.72. The van der Waals surface area contributed by atoms with Crippen LogP contribution in [0.25, 0.3) is 0 Å². The Labute approximate surface area is 119 Å². The molecule has 0 fully saturated rings. The second-order valence-electron chi connectivity index (χ2n) is 4.66. The van der Waals surface area contributed by atoms with Crippen molar-refractivity contribution in [2.24, 2.45) is 0 Å². The minimum atomic E-state index is 0.857. The van der Waals surface area contributed by atoms with E-state index in [2.05, 4.69) is 46.0 Å². The fraction of sp³-hybridized carbons (Fsp3) is 0.467. The molecule has 4 heteroatoms. The lowest BCUT2D eigenvalue weighted by atomic mass is 10.2. The first-order valence-corrected chi connectivity index (χ1v) is 7.86. The molecule has 2 aromatic rings. The molecule has 0 atom stereocenters. The summed E-state index contributed by atoms with van der Waals surface area (Å²) in [6, 6.07) is 10.5. The summed E-state index contributed by atoms with van der Waals surface area (Å²) in [5.74, 6) is 2.11. The lowest BCUT2D eigenvalue weighted by Gasteiger charge is -2.08. The monoisotopic (exact) mass is 275 g/mol. The summed E-state index contributed by atoms with van der Waals surface area (Å²) in [5.41, 5.74) is 1.29. The summed E-state index contributed by atoms with van der Waals surface area (Å²) in [6.07, 6.45) is 3.80. The Morgan fingerprint density at radius 3 is 2.63 bits per heavy atom. The van der Waals surface area contributed by atoms with Gasteiger partial charge in [-0.15, -0.1) is 10.2 Å². The van der Waals surface area contributed by atoms with Crippen molar-refractivity contribution in [1.82, 2.24) is 14.8 Å². The van der Waals surface area contributed by atoms with Crippen LogP contribution in [0.3, 0.4) is 0 Å². The molecule has 19 heavy (non-hydrogen) atoms. The summed E-state index contributed by atoms with van der Waals surface area (Å²) in [7, 11) is 0. The Balaban J connectivity index is 2.01. The molecule has 0 amide bonds. The number of aryl methyl sites for hydroxylation is 1. The third kappa shape index (κ3) is 4.10. The number of unbranched alkanes of at least 4 members (excludes halogenated alkanes) is 2. The van der Waals surface area contributed by atoms with Crippen molar-refractivity contribution in [2.75, 3.05) is 5.75 Å². The molecule has 2 rings (SSSR count). The van der Waals surface area contributed by atoms with Crippen LogP contribution in [0.2, 0.25) is 0 Å².